The fraction of sp³-hybridized carbons (Fsp3) is 0.500. The lowest BCUT2D eigenvalue weighted by Gasteiger charge is -2.23. The molecule has 0 bridgehead atoms. The molecule has 0 spiro atoms. The van der Waals surface area contributed by atoms with E-state index in [9.17, 15) is 13.9 Å². The molecule has 1 saturated heterocycles. The molecule has 17 heavy (non-hydrogen) atoms. The van der Waals surface area contributed by atoms with E-state index >= 15 is 0 Å². The molecule has 1 aromatic rings. The highest BCUT2D eigenvalue weighted by Crippen LogP contribution is 2.36. The van der Waals surface area contributed by atoms with E-state index < -0.39 is 23.8 Å². The second-order valence-corrected chi connectivity index (χ2v) is 4.71. The van der Waals surface area contributed by atoms with E-state index in [0.717, 1.165) is 12.5 Å². The van der Waals surface area contributed by atoms with Gasteiger partial charge in [-0.25, -0.2) is 8.78 Å². The number of halogens is 3. The predicted molar refractivity (Wildman–Crippen MR) is 59.8 cm³/mol. The zero-order valence-electron chi connectivity index (χ0n) is 9.29. The van der Waals surface area contributed by atoms with Crippen LogP contribution in [0, 0.1) is 17.6 Å². The first-order valence-corrected chi connectivity index (χ1v) is 5.83. The van der Waals surface area contributed by atoms with E-state index in [1.807, 2.05) is 6.92 Å². The first-order valence-electron chi connectivity index (χ1n) is 5.45. The number of aliphatic hydroxyl groups excluding tert-OH is 1. The van der Waals surface area contributed by atoms with Crippen LogP contribution in [0.2, 0.25) is 5.02 Å². The molecule has 1 fully saturated rings. The highest BCUT2D eigenvalue weighted by atomic mass is 35.5. The summed E-state index contributed by atoms with van der Waals surface area (Å²) in [5, 5.41) is 10.1. The molecule has 1 aliphatic heterocycles. The number of hydrogen-bond acceptors (Lipinski definition) is 2. The molecule has 0 radical (unpaired) electrons. The second-order valence-electron chi connectivity index (χ2n) is 4.30. The lowest BCUT2D eigenvalue weighted by Crippen LogP contribution is -2.24. The molecule has 0 saturated carbocycles. The minimum Gasteiger partial charge on any atom is -0.386 e. The number of aliphatic hydroxyl groups is 1. The normalized spacial score (nSPS) is 26.2. The Bertz CT molecular complexity index is 425. The Balaban J connectivity index is 2.36. The Kier molecular flexibility index (Phi) is 3.66. The van der Waals surface area contributed by atoms with E-state index in [1.54, 1.807) is 0 Å². The summed E-state index contributed by atoms with van der Waals surface area (Å²) in [5.74, 6) is -2.04. The maximum absolute atomic E-state index is 13.6. The summed E-state index contributed by atoms with van der Waals surface area (Å²) in [6.45, 7) is 2.41. The standard InChI is InChI=1S/C12H13ClF2O2/c1-6-4-5-17-12(6)11(16)9-7(13)2-3-8(14)10(9)15/h2-3,6,11-12,16H,4-5H2,1H3. The van der Waals surface area contributed by atoms with Gasteiger partial charge in [-0.15, -0.1) is 0 Å². The van der Waals surface area contributed by atoms with Gasteiger partial charge in [-0.2, -0.15) is 0 Å². The summed E-state index contributed by atoms with van der Waals surface area (Å²) in [7, 11) is 0. The van der Waals surface area contributed by atoms with Crippen molar-refractivity contribution in [2.24, 2.45) is 5.92 Å². The van der Waals surface area contributed by atoms with E-state index in [0.29, 0.717) is 6.61 Å². The smallest absolute Gasteiger partial charge is 0.166 e. The fourth-order valence-corrected chi connectivity index (χ4v) is 2.36. The Morgan fingerprint density at radius 1 is 1.47 bits per heavy atom. The van der Waals surface area contributed by atoms with Crippen LogP contribution < -0.4 is 0 Å². The Hall–Kier alpha value is -0.710. The lowest BCUT2D eigenvalue weighted by atomic mass is 9.94. The van der Waals surface area contributed by atoms with Gasteiger partial charge in [0.05, 0.1) is 6.10 Å². The monoisotopic (exact) mass is 262 g/mol. The molecule has 3 atom stereocenters. The molecule has 1 aromatic carbocycles. The molecule has 1 aliphatic rings. The summed E-state index contributed by atoms with van der Waals surface area (Å²) in [4.78, 5) is 0. The van der Waals surface area contributed by atoms with Crippen LogP contribution in [0.4, 0.5) is 8.78 Å². The summed E-state index contributed by atoms with van der Waals surface area (Å²) < 4.78 is 32.1. The van der Waals surface area contributed by atoms with E-state index in [2.05, 4.69) is 0 Å². The third kappa shape index (κ3) is 2.30. The van der Waals surface area contributed by atoms with Crippen LogP contribution in [0.3, 0.4) is 0 Å². The summed E-state index contributed by atoms with van der Waals surface area (Å²) in [6, 6.07) is 2.17. The van der Waals surface area contributed by atoms with Crippen molar-refractivity contribution in [2.45, 2.75) is 25.6 Å². The first-order chi connectivity index (χ1) is 8.02. The molecular formula is C12H13ClF2O2. The first kappa shape index (κ1) is 12.7. The van der Waals surface area contributed by atoms with Crippen molar-refractivity contribution < 1.29 is 18.6 Å². The van der Waals surface area contributed by atoms with Gasteiger partial charge in [0, 0.05) is 17.2 Å². The Morgan fingerprint density at radius 3 is 2.76 bits per heavy atom. The largest absolute Gasteiger partial charge is 0.386 e. The molecular weight excluding hydrogens is 250 g/mol. The maximum atomic E-state index is 13.6. The van der Waals surface area contributed by atoms with Gasteiger partial charge in [-0.3, -0.25) is 0 Å². The van der Waals surface area contributed by atoms with Crippen LogP contribution in [0.25, 0.3) is 0 Å². The van der Waals surface area contributed by atoms with E-state index in [-0.39, 0.29) is 16.5 Å². The Labute approximate surface area is 103 Å². The van der Waals surface area contributed by atoms with Crippen molar-refractivity contribution in [3.05, 3.63) is 34.4 Å². The maximum Gasteiger partial charge on any atom is 0.166 e. The zero-order valence-corrected chi connectivity index (χ0v) is 10.0. The van der Waals surface area contributed by atoms with Gasteiger partial charge < -0.3 is 9.84 Å². The van der Waals surface area contributed by atoms with Gasteiger partial charge in [-0.1, -0.05) is 18.5 Å². The second kappa shape index (κ2) is 4.88. The quantitative estimate of drug-likeness (QED) is 0.830. The highest BCUT2D eigenvalue weighted by Gasteiger charge is 2.35. The molecule has 5 heteroatoms. The average Bonchev–Trinajstić information content (AvgIpc) is 2.70. The van der Waals surface area contributed by atoms with Crippen molar-refractivity contribution in [3.8, 4) is 0 Å². The van der Waals surface area contributed by atoms with Gasteiger partial charge >= 0.3 is 0 Å². The van der Waals surface area contributed by atoms with E-state index in [4.69, 9.17) is 16.3 Å². The minimum atomic E-state index is -1.24. The number of benzene rings is 1. The molecule has 2 nitrogen and oxygen atoms in total. The molecule has 0 aliphatic carbocycles. The van der Waals surface area contributed by atoms with Crippen LogP contribution >= 0.6 is 11.6 Å². The molecule has 2 rings (SSSR count). The molecule has 3 unspecified atom stereocenters. The highest BCUT2D eigenvalue weighted by molar-refractivity contribution is 6.31. The molecule has 0 amide bonds. The van der Waals surface area contributed by atoms with Crippen LogP contribution in [0.1, 0.15) is 25.0 Å². The van der Waals surface area contributed by atoms with Crippen molar-refractivity contribution in [1.29, 1.82) is 0 Å². The molecule has 1 heterocycles. The predicted octanol–water partition coefficient (Wildman–Crippen LogP) is 3.08. The number of rotatable bonds is 2. The molecule has 94 valence electrons. The molecule has 0 aromatic heterocycles. The van der Waals surface area contributed by atoms with E-state index in [1.165, 1.54) is 6.07 Å². The van der Waals surface area contributed by atoms with Crippen LogP contribution in [-0.4, -0.2) is 17.8 Å². The summed E-state index contributed by atoms with van der Waals surface area (Å²) in [5.41, 5.74) is -0.217. The number of ether oxygens (including phenoxy) is 1. The topological polar surface area (TPSA) is 29.5 Å². The summed E-state index contributed by atoms with van der Waals surface area (Å²) in [6.07, 6.45) is -0.990. The van der Waals surface area contributed by atoms with Crippen molar-refractivity contribution in [2.75, 3.05) is 6.61 Å². The average molecular weight is 263 g/mol. The van der Waals surface area contributed by atoms with Gasteiger partial charge in [0.1, 0.15) is 6.10 Å². The van der Waals surface area contributed by atoms with Crippen molar-refractivity contribution >= 4 is 11.6 Å². The lowest BCUT2D eigenvalue weighted by molar-refractivity contribution is -0.0195. The zero-order chi connectivity index (χ0) is 12.6. The van der Waals surface area contributed by atoms with Crippen LogP contribution in [0.15, 0.2) is 12.1 Å². The summed E-state index contributed by atoms with van der Waals surface area (Å²) >= 11 is 5.80. The fourth-order valence-electron chi connectivity index (χ4n) is 2.10. The van der Waals surface area contributed by atoms with Crippen molar-refractivity contribution in [3.63, 3.8) is 0 Å². The van der Waals surface area contributed by atoms with Crippen LogP contribution in [-0.2, 0) is 4.74 Å². The number of hydrogen-bond donors (Lipinski definition) is 1. The Morgan fingerprint density at radius 2 is 2.18 bits per heavy atom. The van der Waals surface area contributed by atoms with Gasteiger partial charge in [0.2, 0.25) is 0 Å². The van der Waals surface area contributed by atoms with Gasteiger partial charge in [-0.05, 0) is 24.5 Å². The van der Waals surface area contributed by atoms with Crippen LogP contribution in [0.5, 0.6) is 0 Å². The van der Waals surface area contributed by atoms with Gasteiger partial charge in [0.25, 0.3) is 0 Å². The third-order valence-corrected chi connectivity index (χ3v) is 3.46. The SMILES string of the molecule is CC1CCOC1C(O)c1c(Cl)ccc(F)c1F. The third-order valence-electron chi connectivity index (χ3n) is 3.13. The minimum absolute atomic E-state index is 0.0131. The van der Waals surface area contributed by atoms with Crippen molar-refractivity contribution in [1.82, 2.24) is 0 Å². The van der Waals surface area contributed by atoms with Gasteiger partial charge in [0.15, 0.2) is 11.6 Å². The molecule has 1 N–H and O–H groups in total.